The van der Waals surface area contributed by atoms with E-state index in [9.17, 15) is 8.78 Å². The fraction of sp³-hybridized carbons (Fsp3) is 0.133. The number of anilines is 1. The van der Waals surface area contributed by atoms with E-state index in [1.807, 2.05) is 6.07 Å². The SMILES string of the molecule is COc1ccc(CNc2cc(Br)c(F)cc2F)cc1C#N. The summed E-state index contributed by atoms with van der Waals surface area (Å²) in [7, 11) is 1.49. The van der Waals surface area contributed by atoms with Gasteiger partial charge < -0.3 is 10.1 Å². The third kappa shape index (κ3) is 3.50. The summed E-state index contributed by atoms with van der Waals surface area (Å²) in [5.41, 5.74) is 1.36. The van der Waals surface area contributed by atoms with Crippen LogP contribution >= 0.6 is 15.9 Å². The maximum absolute atomic E-state index is 13.6. The van der Waals surface area contributed by atoms with Crippen molar-refractivity contribution in [1.82, 2.24) is 0 Å². The molecule has 0 heterocycles. The molecule has 3 nitrogen and oxygen atoms in total. The number of rotatable bonds is 4. The third-order valence-corrected chi connectivity index (χ3v) is 3.48. The molecule has 0 aliphatic rings. The highest BCUT2D eigenvalue weighted by Crippen LogP contribution is 2.25. The van der Waals surface area contributed by atoms with Crippen molar-refractivity contribution < 1.29 is 13.5 Å². The molecule has 0 aliphatic heterocycles. The Balaban J connectivity index is 2.17. The zero-order valence-electron chi connectivity index (χ0n) is 11.1. The quantitative estimate of drug-likeness (QED) is 0.838. The minimum absolute atomic E-state index is 0.178. The van der Waals surface area contributed by atoms with Crippen LogP contribution in [0.3, 0.4) is 0 Å². The van der Waals surface area contributed by atoms with Gasteiger partial charge in [0.1, 0.15) is 23.5 Å². The summed E-state index contributed by atoms with van der Waals surface area (Å²) in [4.78, 5) is 0. The molecule has 0 saturated heterocycles. The first kappa shape index (κ1) is 15.3. The molecule has 0 radical (unpaired) electrons. The van der Waals surface area contributed by atoms with Crippen LogP contribution in [0.25, 0.3) is 0 Å². The van der Waals surface area contributed by atoms with Crippen LogP contribution in [-0.2, 0) is 6.54 Å². The molecule has 0 atom stereocenters. The van der Waals surface area contributed by atoms with Gasteiger partial charge in [0.05, 0.1) is 22.8 Å². The summed E-state index contributed by atoms with van der Waals surface area (Å²) in [5.74, 6) is -0.851. The van der Waals surface area contributed by atoms with Gasteiger partial charge in [-0.1, -0.05) is 6.07 Å². The zero-order valence-corrected chi connectivity index (χ0v) is 12.7. The van der Waals surface area contributed by atoms with Gasteiger partial charge in [0.2, 0.25) is 0 Å². The summed E-state index contributed by atoms with van der Waals surface area (Å²) in [6.45, 7) is 0.299. The first-order valence-corrected chi connectivity index (χ1v) is 6.80. The van der Waals surface area contributed by atoms with E-state index < -0.39 is 11.6 Å². The molecule has 0 unspecified atom stereocenters. The summed E-state index contributed by atoms with van der Waals surface area (Å²) in [5, 5.41) is 11.9. The van der Waals surface area contributed by atoms with Gasteiger partial charge in [-0.2, -0.15) is 5.26 Å². The maximum Gasteiger partial charge on any atom is 0.149 e. The van der Waals surface area contributed by atoms with Crippen molar-refractivity contribution >= 4 is 21.6 Å². The van der Waals surface area contributed by atoms with Crippen LogP contribution in [0.2, 0.25) is 0 Å². The molecule has 2 aromatic carbocycles. The standard InChI is InChI=1S/C15H11BrF2N2O/c1-21-15-3-2-9(4-10(15)7-19)8-20-14-5-11(16)12(17)6-13(14)18/h2-6,20H,8H2,1H3. The van der Waals surface area contributed by atoms with Gasteiger partial charge in [-0.3, -0.25) is 0 Å². The Hall–Kier alpha value is -2.13. The molecule has 2 rings (SSSR count). The Morgan fingerprint density at radius 1 is 1.24 bits per heavy atom. The third-order valence-electron chi connectivity index (χ3n) is 2.88. The van der Waals surface area contributed by atoms with E-state index in [2.05, 4.69) is 21.2 Å². The number of methoxy groups -OCH3 is 1. The highest BCUT2D eigenvalue weighted by atomic mass is 79.9. The predicted octanol–water partition coefficient (Wildman–Crippen LogP) is 4.22. The molecular weight excluding hydrogens is 342 g/mol. The van der Waals surface area contributed by atoms with Gasteiger partial charge in [-0.05, 0) is 39.7 Å². The lowest BCUT2D eigenvalue weighted by atomic mass is 10.1. The van der Waals surface area contributed by atoms with E-state index in [4.69, 9.17) is 10.00 Å². The Labute approximate surface area is 129 Å². The summed E-state index contributed by atoms with van der Waals surface area (Å²) in [6.07, 6.45) is 0. The molecule has 0 amide bonds. The summed E-state index contributed by atoms with van der Waals surface area (Å²) < 4.78 is 32.0. The number of ether oxygens (including phenoxy) is 1. The zero-order chi connectivity index (χ0) is 15.4. The van der Waals surface area contributed by atoms with E-state index >= 15 is 0 Å². The van der Waals surface area contributed by atoms with Crippen molar-refractivity contribution in [3.05, 3.63) is 57.6 Å². The molecule has 0 aromatic heterocycles. The molecule has 0 bridgehead atoms. The maximum atomic E-state index is 13.6. The smallest absolute Gasteiger partial charge is 0.149 e. The van der Waals surface area contributed by atoms with E-state index in [1.165, 1.54) is 13.2 Å². The number of hydrogen-bond acceptors (Lipinski definition) is 3. The van der Waals surface area contributed by atoms with Crippen LogP contribution in [0.4, 0.5) is 14.5 Å². The number of halogens is 3. The topological polar surface area (TPSA) is 45.0 Å². The number of hydrogen-bond donors (Lipinski definition) is 1. The normalized spacial score (nSPS) is 10.0. The van der Waals surface area contributed by atoms with Crippen LogP contribution in [-0.4, -0.2) is 7.11 Å². The molecule has 2 aromatic rings. The minimum atomic E-state index is -0.676. The second kappa shape index (κ2) is 6.55. The highest BCUT2D eigenvalue weighted by Gasteiger charge is 2.09. The largest absolute Gasteiger partial charge is 0.495 e. The fourth-order valence-corrected chi connectivity index (χ4v) is 2.15. The number of benzene rings is 2. The monoisotopic (exact) mass is 352 g/mol. The van der Waals surface area contributed by atoms with Gasteiger partial charge in [-0.15, -0.1) is 0 Å². The van der Waals surface area contributed by atoms with E-state index in [-0.39, 0.29) is 10.2 Å². The summed E-state index contributed by atoms with van der Waals surface area (Å²) >= 11 is 3.01. The minimum Gasteiger partial charge on any atom is -0.495 e. The van der Waals surface area contributed by atoms with E-state index in [0.29, 0.717) is 17.9 Å². The van der Waals surface area contributed by atoms with Crippen molar-refractivity contribution in [2.75, 3.05) is 12.4 Å². The Morgan fingerprint density at radius 3 is 2.67 bits per heavy atom. The molecule has 0 fully saturated rings. The Bertz CT molecular complexity index is 714. The van der Waals surface area contributed by atoms with Crippen molar-refractivity contribution in [3.63, 3.8) is 0 Å². The molecule has 6 heteroatoms. The lowest BCUT2D eigenvalue weighted by Crippen LogP contribution is -2.03. The molecule has 0 aliphatic carbocycles. The van der Waals surface area contributed by atoms with Crippen LogP contribution in [0.5, 0.6) is 5.75 Å². The van der Waals surface area contributed by atoms with E-state index in [0.717, 1.165) is 11.6 Å². The van der Waals surface area contributed by atoms with Crippen molar-refractivity contribution in [3.8, 4) is 11.8 Å². The van der Waals surface area contributed by atoms with Crippen LogP contribution in [0.15, 0.2) is 34.8 Å². The van der Waals surface area contributed by atoms with E-state index in [1.54, 1.807) is 18.2 Å². The second-order valence-electron chi connectivity index (χ2n) is 4.25. The summed E-state index contributed by atoms with van der Waals surface area (Å²) in [6, 6.07) is 9.26. The molecule has 0 spiro atoms. The van der Waals surface area contributed by atoms with Gasteiger partial charge in [0.25, 0.3) is 0 Å². The first-order valence-electron chi connectivity index (χ1n) is 6.00. The lowest BCUT2D eigenvalue weighted by Gasteiger charge is -2.10. The number of nitrogens with zero attached hydrogens (tertiary/aromatic N) is 1. The second-order valence-corrected chi connectivity index (χ2v) is 5.10. The molecule has 0 saturated carbocycles. The predicted molar refractivity (Wildman–Crippen MR) is 79.1 cm³/mol. The van der Waals surface area contributed by atoms with Gasteiger partial charge in [0.15, 0.2) is 0 Å². The molecular formula is C15H11BrF2N2O. The van der Waals surface area contributed by atoms with Crippen molar-refractivity contribution in [2.45, 2.75) is 6.54 Å². The average Bonchev–Trinajstić information content (AvgIpc) is 2.49. The van der Waals surface area contributed by atoms with Gasteiger partial charge >= 0.3 is 0 Å². The van der Waals surface area contributed by atoms with Crippen LogP contribution in [0, 0.1) is 23.0 Å². The van der Waals surface area contributed by atoms with Gasteiger partial charge in [-0.25, -0.2) is 8.78 Å². The molecule has 1 N–H and O–H groups in total. The van der Waals surface area contributed by atoms with Crippen LogP contribution < -0.4 is 10.1 Å². The lowest BCUT2D eigenvalue weighted by molar-refractivity contribution is 0.413. The van der Waals surface area contributed by atoms with Gasteiger partial charge in [0, 0.05) is 12.6 Å². The van der Waals surface area contributed by atoms with Crippen LogP contribution in [0.1, 0.15) is 11.1 Å². The highest BCUT2D eigenvalue weighted by molar-refractivity contribution is 9.10. The molecule has 108 valence electrons. The number of nitrogens with one attached hydrogen (secondary N) is 1. The number of nitriles is 1. The van der Waals surface area contributed by atoms with Crippen molar-refractivity contribution in [1.29, 1.82) is 5.26 Å². The average molecular weight is 353 g/mol. The Kier molecular flexibility index (Phi) is 4.76. The Morgan fingerprint density at radius 2 is 2.00 bits per heavy atom. The fourth-order valence-electron chi connectivity index (χ4n) is 1.81. The first-order chi connectivity index (χ1) is 10.0. The molecule has 21 heavy (non-hydrogen) atoms. The van der Waals surface area contributed by atoms with Crippen molar-refractivity contribution in [2.24, 2.45) is 0 Å².